The second-order valence-corrected chi connectivity index (χ2v) is 8.82. The second-order valence-electron chi connectivity index (χ2n) is 8.41. The summed E-state index contributed by atoms with van der Waals surface area (Å²) in [7, 11) is 0. The van der Waals surface area contributed by atoms with Gasteiger partial charge in [-0.05, 0) is 61.6 Å². The molecule has 168 valence electrons. The highest BCUT2D eigenvalue weighted by Gasteiger charge is 2.29. The van der Waals surface area contributed by atoms with Crippen LogP contribution in [0.15, 0.2) is 42.5 Å². The van der Waals surface area contributed by atoms with E-state index in [1.165, 1.54) is 12.1 Å². The van der Waals surface area contributed by atoms with Crippen molar-refractivity contribution in [3.05, 3.63) is 64.4 Å². The number of hydrogen-bond acceptors (Lipinski definition) is 3. The van der Waals surface area contributed by atoms with Crippen molar-refractivity contribution in [1.82, 2.24) is 10.2 Å². The Morgan fingerprint density at radius 1 is 1.06 bits per heavy atom. The number of amides is 3. The summed E-state index contributed by atoms with van der Waals surface area (Å²) in [6.45, 7) is 0.932. The molecule has 32 heavy (non-hydrogen) atoms. The maximum atomic E-state index is 13.1. The van der Waals surface area contributed by atoms with Crippen molar-refractivity contribution in [2.75, 3.05) is 18.4 Å². The van der Waals surface area contributed by atoms with Crippen LogP contribution in [0, 0.1) is 11.7 Å². The molecule has 1 saturated carbocycles. The zero-order valence-corrected chi connectivity index (χ0v) is 18.3. The van der Waals surface area contributed by atoms with Crippen molar-refractivity contribution in [2.45, 2.75) is 38.1 Å². The van der Waals surface area contributed by atoms with Gasteiger partial charge in [0.05, 0.1) is 22.9 Å². The van der Waals surface area contributed by atoms with Crippen LogP contribution in [0.5, 0.6) is 0 Å². The Labute approximate surface area is 191 Å². The molecule has 4 rings (SSSR count). The van der Waals surface area contributed by atoms with Crippen LogP contribution in [0.4, 0.5) is 10.1 Å². The number of nitrogens with one attached hydrogen (secondary N) is 2. The largest absolute Gasteiger partial charge is 0.349 e. The molecule has 2 aliphatic rings. The van der Waals surface area contributed by atoms with E-state index in [1.807, 2.05) is 0 Å². The predicted molar refractivity (Wildman–Crippen MR) is 120 cm³/mol. The van der Waals surface area contributed by atoms with E-state index < -0.39 is 0 Å². The first-order chi connectivity index (χ1) is 15.4. The first kappa shape index (κ1) is 22.3. The summed E-state index contributed by atoms with van der Waals surface area (Å²) < 4.78 is 13.1. The molecule has 2 fully saturated rings. The van der Waals surface area contributed by atoms with Gasteiger partial charge in [-0.3, -0.25) is 14.4 Å². The Bertz CT molecular complexity index is 1020. The van der Waals surface area contributed by atoms with Crippen LogP contribution in [0.1, 0.15) is 41.6 Å². The summed E-state index contributed by atoms with van der Waals surface area (Å²) in [6, 6.07) is 10.9. The van der Waals surface area contributed by atoms with Gasteiger partial charge in [-0.2, -0.15) is 0 Å². The summed E-state index contributed by atoms with van der Waals surface area (Å²) in [5, 5.41) is 6.02. The monoisotopic (exact) mass is 457 g/mol. The smallest absolute Gasteiger partial charge is 0.253 e. The minimum absolute atomic E-state index is 0.0804. The first-order valence-electron chi connectivity index (χ1n) is 10.8. The van der Waals surface area contributed by atoms with Crippen molar-refractivity contribution >= 4 is 35.0 Å². The van der Waals surface area contributed by atoms with Gasteiger partial charge in [-0.1, -0.05) is 23.7 Å². The standard InChI is InChI=1S/C24H25ClFN3O3/c25-21-13-19(9-10-20(21)24(32)27-18-7-8-18)28-23(31)16-2-1-11-29(14-16)22(30)12-15-3-5-17(26)6-4-15/h3-6,9-10,13,16,18H,1-2,7-8,11-12,14H2,(H,27,32)(H,28,31). The number of piperidine rings is 1. The van der Waals surface area contributed by atoms with Gasteiger partial charge in [0.1, 0.15) is 5.82 Å². The van der Waals surface area contributed by atoms with Gasteiger partial charge >= 0.3 is 0 Å². The number of halogens is 2. The van der Waals surface area contributed by atoms with E-state index >= 15 is 0 Å². The molecule has 0 aromatic heterocycles. The third-order valence-electron chi connectivity index (χ3n) is 5.81. The number of hydrogen-bond donors (Lipinski definition) is 2. The number of carbonyl (C=O) groups excluding carboxylic acids is 3. The molecule has 6 nitrogen and oxygen atoms in total. The zero-order valence-electron chi connectivity index (χ0n) is 17.6. The van der Waals surface area contributed by atoms with Crippen LogP contribution in [0.3, 0.4) is 0 Å². The molecular formula is C24H25ClFN3O3. The van der Waals surface area contributed by atoms with Crippen LogP contribution >= 0.6 is 11.6 Å². The summed E-state index contributed by atoms with van der Waals surface area (Å²) in [6.07, 6.45) is 3.56. The Morgan fingerprint density at radius 3 is 2.50 bits per heavy atom. The molecule has 2 N–H and O–H groups in total. The maximum Gasteiger partial charge on any atom is 0.253 e. The third-order valence-corrected chi connectivity index (χ3v) is 6.12. The van der Waals surface area contributed by atoms with Gasteiger partial charge in [0.2, 0.25) is 11.8 Å². The Balaban J connectivity index is 1.33. The van der Waals surface area contributed by atoms with Gasteiger partial charge in [-0.25, -0.2) is 4.39 Å². The van der Waals surface area contributed by atoms with Crippen LogP contribution in [-0.2, 0) is 16.0 Å². The van der Waals surface area contributed by atoms with Crippen molar-refractivity contribution < 1.29 is 18.8 Å². The lowest BCUT2D eigenvalue weighted by Crippen LogP contribution is -2.44. The predicted octanol–water partition coefficient (Wildman–Crippen LogP) is 3.79. The molecule has 2 aromatic carbocycles. The van der Waals surface area contributed by atoms with E-state index in [0.29, 0.717) is 30.8 Å². The highest BCUT2D eigenvalue weighted by molar-refractivity contribution is 6.34. The van der Waals surface area contributed by atoms with Gasteiger partial charge in [0.25, 0.3) is 5.91 Å². The van der Waals surface area contributed by atoms with Gasteiger partial charge in [0.15, 0.2) is 0 Å². The topological polar surface area (TPSA) is 78.5 Å². The average molecular weight is 458 g/mol. The second kappa shape index (κ2) is 9.69. The molecular weight excluding hydrogens is 433 g/mol. The summed E-state index contributed by atoms with van der Waals surface area (Å²) in [5.74, 6) is -1.15. The molecule has 0 bridgehead atoms. The Morgan fingerprint density at radius 2 is 1.81 bits per heavy atom. The number of likely N-dealkylation sites (tertiary alicyclic amines) is 1. The number of benzene rings is 2. The molecule has 0 spiro atoms. The number of rotatable bonds is 6. The van der Waals surface area contributed by atoms with Crippen molar-refractivity contribution in [1.29, 1.82) is 0 Å². The molecule has 1 unspecified atom stereocenters. The molecule has 3 amide bonds. The van der Waals surface area contributed by atoms with Gasteiger partial charge in [0, 0.05) is 24.8 Å². The van der Waals surface area contributed by atoms with Crippen molar-refractivity contribution in [2.24, 2.45) is 5.92 Å². The minimum atomic E-state index is -0.340. The highest BCUT2D eigenvalue weighted by atomic mass is 35.5. The molecule has 1 heterocycles. The van der Waals surface area contributed by atoms with Crippen LogP contribution in [0.25, 0.3) is 0 Å². The SMILES string of the molecule is O=C(NC1CC1)c1ccc(NC(=O)C2CCCN(C(=O)Cc3ccc(F)cc3)C2)cc1Cl. The van der Waals surface area contributed by atoms with Gasteiger partial charge < -0.3 is 15.5 Å². The molecule has 1 atom stereocenters. The van der Waals surface area contributed by atoms with Gasteiger partial charge in [-0.15, -0.1) is 0 Å². The molecule has 2 aromatic rings. The van der Waals surface area contributed by atoms with Crippen molar-refractivity contribution in [3.8, 4) is 0 Å². The molecule has 0 radical (unpaired) electrons. The average Bonchev–Trinajstić information content (AvgIpc) is 3.59. The quantitative estimate of drug-likeness (QED) is 0.692. The molecule has 1 aliphatic carbocycles. The van der Waals surface area contributed by atoms with E-state index in [0.717, 1.165) is 24.8 Å². The summed E-state index contributed by atoms with van der Waals surface area (Å²) in [5.41, 5.74) is 1.63. The maximum absolute atomic E-state index is 13.1. The highest BCUT2D eigenvalue weighted by Crippen LogP contribution is 2.25. The van der Waals surface area contributed by atoms with E-state index in [9.17, 15) is 18.8 Å². The van der Waals surface area contributed by atoms with E-state index in [-0.39, 0.29) is 46.9 Å². The zero-order chi connectivity index (χ0) is 22.7. The fourth-order valence-corrected chi connectivity index (χ4v) is 4.08. The number of anilines is 1. The molecule has 1 saturated heterocycles. The van der Waals surface area contributed by atoms with Crippen LogP contribution in [-0.4, -0.2) is 41.8 Å². The summed E-state index contributed by atoms with van der Waals surface area (Å²) in [4.78, 5) is 39.3. The number of nitrogens with zero attached hydrogens (tertiary/aromatic N) is 1. The third kappa shape index (κ3) is 5.65. The Kier molecular flexibility index (Phi) is 6.74. The molecule has 1 aliphatic heterocycles. The Hall–Kier alpha value is -2.93. The van der Waals surface area contributed by atoms with E-state index in [4.69, 9.17) is 11.6 Å². The lowest BCUT2D eigenvalue weighted by molar-refractivity contribution is -0.133. The fourth-order valence-electron chi connectivity index (χ4n) is 3.82. The van der Waals surface area contributed by atoms with Crippen molar-refractivity contribution in [3.63, 3.8) is 0 Å². The summed E-state index contributed by atoms with van der Waals surface area (Å²) >= 11 is 6.26. The van der Waals surface area contributed by atoms with E-state index in [1.54, 1.807) is 35.2 Å². The van der Waals surface area contributed by atoms with E-state index in [2.05, 4.69) is 10.6 Å². The lowest BCUT2D eigenvalue weighted by Gasteiger charge is -2.32. The first-order valence-corrected chi connectivity index (χ1v) is 11.2. The van der Waals surface area contributed by atoms with Crippen LogP contribution < -0.4 is 10.6 Å². The molecule has 8 heteroatoms. The normalized spacial score (nSPS) is 18.2. The van der Waals surface area contributed by atoms with Crippen LogP contribution in [0.2, 0.25) is 5.02 Å². The minimum Gasteiger partial charge on any atom is -0.349 e. The number of carbonyl (C=O) groups is 3. The lowest BCUT2D eigenvalue weighted by atomic mass is 9.96. The fraction of sp³-hybridized carbons (Fsp3) is 0.375.